The third-order valence-electron chi connectivity index (χ3n) is 2.98. The second-order valence-corrected chi connectivity index (χ2v) is 4.49. The van der Waals surface area contributed by atoms with Crippen molar-refractivity contribution in [1.82, 2.24) is 4.90 Å². The van der Waals surface area contributed by atoms with Crippen molar-refractivity contribution in [3.05, 3.63) is 12.2 Å². The number of hydrogen-bond donors (Lipinski definition) is 0. The maximum Gasteiger partial charge on any atom is 0.235 e. The predicted molar refractivity (Wildman–Crippen MR) is 61.6 cm³/mol. The zero-order chi connectivity index (χ0) is 11.3. The van der Waals surface area contributed by atoms with Gasteiger partial charge in [0.05, 0.1) is 6.54 Å². The van der Waals surface area contributed by atoms with Gasteiger partial charge in [0.15, 0.2) is 0 Å². The van der Waals surface area contributed by atoms with Gasteiger partial charge in [-0.15, -0.1) is 0 Å². The number of nitrogens with zero attached hydrogens (tertiary/aromatic N) is 2. The zero-order valence-electron chi connectivity index (χ0n) is 9.70. The summed E-state index contributed by atoms with van der Waals surface area (Å²) in [6.45, 7) is 10.0. The van der Waals surface area contributed by atoms with Gasteiger partial charge in [0.1, 0.15) is 0 Å². The first-order valence-corrected chi connectivity index (χ1v) is 5.61. The summed E-state index contributed by atoms with van der Waals surface area (Å²) < 4.78 is 0. The van der Waals surface area contributed by atoms with Crippen LogP contribution in [0, 0.1) is 0 Å². The van der Waals surface area contributed by atoms with E-state index in [1.165, 1.54) is 19.4 Å². The van der Waals surface area contributed by atoms with Gasteiger partial charge in [-0.05, 0) is 39.7 Å². The molecule has 0 aromatic rings. The van der Waals surface area contributed by atoms with Crippen LogP contribution in [-0.2, 0) is 4.79 Å². The van der Waals surface area contributed by atoms with Crippen LogP contribution in [0.4, 0.5) is 0 Å². The second kappa shape index (κ2) is 5.84. The average Bonchev–Trinajstić information content (AvgIpc) is 2.62. The highest BCUT2D eigenvalue weighted by molar-refractivity contribution is 5.33. The van der Waals surface area contributed by atoms with Crippen molar-refractivity contribution in [2.75, 3.05) is 13.1 Å². The normalized spacial score (nSPS) is 21.7. The van der Waals surface area contributed by atoms with Gasteiger partial charge in [0.25, 0.3) is 0 Å². The predicted octanol–water partition coefficient (Wildman–Crippen LogP) is 2.14. The molecular formula is C12H20N2O. The van der Waals surface area contributed by atoms with Crippen molar-refractivity contribution >= 4 is 6.08 Å². The maximum atomic E-state index is 9.98. The van der Waals surface area contributed by atoms with E-state index in [9.17, 15) is 4.79 Å². The van der Waals surface area contributed by atoms with Crippen molar-refractivity contribution in [1.29, 1.82) is 0 Å². The number of aliphatic imine (C=N–C) groups is 1. The third-order valence-corrected chi connectivity index (χ3v) is 2.98. The first-order chi connectivity index (χ1) is 7.15. The molecule has 0 spiro atoms. The van der Waals surface area contributed by atoms with Gasteiger partial charge in [0, 0.05) is 12.1 Å². The minimum atomic E-state index is 0.436. The molecule has 0 aliphatic carbocycles. The monoisotopic (exact) mass is 208 g/mol. The summed E-state index contributed by atoms with van der Waals surface area (Å²) in [6.07, 6.45) is 5.03. The molecular weight excluding hydrogens is 188 g/mol. The Labute approximate surface area is 91.9 Å². The molecule has 1 unspecified atom stereocenters. The van der Waals surface area contributed by atoms with Crippen LogP contribution in [-0.4, -0.2) is 36.2 Å². The molecule has 84 valence electrons. The molecule has 1 aliphatic heterocycles. The number of likely N-dealkylation sites (tertiary alicyclic amines) is 1. The Morgan fingerprint density at radius 3 is 3.00 bits per heavy atom. The molecule has 1 atom stereocenters. The highest BCUT2D eigenvalue weighted by Crippen LogP contribution is 2.24. The number of hydrogen-bond acceptors (Lipinski definition) is 3. The topological polar surface area (TPSA) is 32.7 Å². The van der Waals surface area contributed by atoms with E-state index < -0.39 is 0 Å². The molecule has 1 fully saturated rings. The highest BCUT2D eigenvalue weighted by atomic mass is 16.1. The molecule has 0 aromatic heterocycles. The summed E-state index contributed by atoms with van der Waals surface area (Å²) in [7, 11) is 0. The first-order valence-electron chi connectivity index (χ1n) is 5.61. The van der Waals surface area contributed by atoms with Gasteiger partial charge in [0.2, 0.25) is 6.08 Å². The minimum Gasteiger partial charge on any atom is -0.298 e. The van der Waals surface area contributed by atoms with Crippen LogP contribution in [0.1, 0.15) is 33.1 Å². The van der Waals surface area contributed by atoms with Crippen molar-refractivity contribution in [3.63, 3.8) is 0 Å². The van der Waals surface area contributed by atoms with Gasteiger partial charge in [-0.1, -0.05) is 12.2 Å². The number of carbonyl (C=O) groups excluding carboxylic acids is 1. The van der Waals surface area contributed by atoms with E-state index in [-0.39, 0.29) is 0 Å². The summed E-state index contributed by atoms with van der Waals surface area (Å²) in [5.41, 5.74) is 1.04. The number of rotatable bonds is 5. The molecule has 1 aliphatic rings. The molecule has 1 rings (SSSR count). The molecule has 0 amide bonds. The SMILES string of the molecule is C=C(CN=C=O)CC1CCCN1C(C)C. The zero-order valence-corrected chi connectivity index (χ0v) is 9.70. The summed E-state index contributed by atoms with van der Waals surface area (Å²) in [4.78, 5) is 16.0. The second-order valence-electron chi connectivity index (χ2n) is 4.49. The van der Waals surface area contributed by atoms with Crippen LogP contribution in [0.2, 0.25) is 0 Å². The highest BCUT2D eigenvalue weighted by Gasteiger charge is 2.26. The molecule has 15 heavy (non-hydrogen) atoms. The van der Waals surface area contributed by atoms with Crippen LogP contribution < -0.4 is 0 Å². The average molecular weight is 208 g/mol. The molecule has 0 saturated carbocycles. The van der Waals surface area contributed by atoms with Crippen molar-refractivity contribution < 1.29 is 4.79 Å². The molecule has 1 heterocycles. The van der Waals surface area contributed by atoms with Gasteiger partial charge in [-0.25, -0.2) is 9.79 Å². The molecule has 0 N–H and O–H groups in total. The lowest BCUT2D eigenvalue weighted by Crippen LogP contribution is -2.35. The fraction of sp³-hybridized carbons (Fsp3) is 0.750. The van der Waals surface area contributed by atoms with Crippen LogP contribution in [0.5, 0.6) is 0 Å². The van der Waals surface area contributed by atoms with E-state index in [2.05, 4.69) is 30.3 Å². The Hall–Kier alpha value is -0.920. The maximum absolute atomic E-state index is 9.98. The Morgan fingerprint density at radius 2 is 2.40 bits per heavy atom. The van der Waals surface area contributed by atoms with Gasteiger partial charge < -0.3 is 0 Å². The lowest BCUT2D eigenvalue weighted by Gasteiger charge is -2.28. The molecule has 0 bridgehead atoms. The molecule has 0 aromatic carbocycles. The fourth-order valence-corrected chi connectivity index (χ4v) is 2.30. The van der Waals surface area contributed by atoms with Crippen molar-refractivity contribution in [2.45, 2.75) is 45.2 Å². The standard InChI is InChI=1S/C12H20N2O/c1-10(2)14-6-4-5-12(14)7-11(3)8-13-9-15/h10,12H,3-8H2,1-2H3. The van der Waals surface area contributed by atoms with Crippen LogP contribution >= 0.6 is 0 Å². The smallest absolute Gasteiger partial charge is 0.235 e. The lowest BCUT2D eigenvalue weighted by molar-refractivity contribution is 0.202. The minimum absolute atomic E-state index is 0.436. The largest absolute Gasteiger partial charge is 0.298 e. The Kier molecular flexibility index (Phi) is 4.73. The third kappa shape index (κ3) is 3.61. The molecule has 3 heteroatoms. The Bertz CT molecular complexity index is 267. The molecule has 3 nitrogen and oxygen atoms in total. The van der Waals surface area contributed by atoms with E-state index in [1.807, 2.05) is 0 Å². The van der Waals surface area contributed by atoms with Gasteiger partial charge >= 0.3 is 0 Å². The molecule has 1 saturated heterocycles. The lowest BCUT2D eigenvalue weighted by atomic mass is 10.0. The van der Waals surface area contributed by atoms with Gasteiger partial charge in [-0.3, -0.25) is 4.90 Å². The number of isocyanates is 1. The van der Waals surface area contributed by atoms with E-state index in [0.717, 1.165) is 12.0 Å². The quantitative estimate of drug-likeness (QED) is 0.394. The first kappa shape index (κ1) is 12.2. The van der Waals surface area contributed by atoms with E-state index >= 15 is 0 Å². The summed E-state index contributed by atoms with van der Waals surface area (Å²) in [5, 5.41) is 0. The van der Waals surface area contributed by atoms with Crippen LogP contribution in [0.25, 0.3) is 0 Å². The summed E-state index contributed by atoms with van der Waals surface area (Å²) in [6, 6.07) is 1.19. The van der Waals surface area contributed by atoms with Crippen molar-refractivity contribution in [3.8, 4) is 0 Å². The Morgan fingerprint density at radius 1 is 1.67 bits per heavy atom. The fourth-order valence-electron chi connectivity index (χ4n) is 2.30. The Balaban J connectivity index is 2.43. The van der Waals surface area contributed by atoms with Crippen LogP contribution in [0.15, 0.2) is 17.1 Å². The summed E-state index contributed by atoms with van der Waals surface area (Å²) in [5.74, 6) is 0. The van der Waals surface area contributed by atoms with Gasteiger partial charge in [-0.2, -0.15) is 0 Å². The van der Waals surface area contributed by atoms with E-state index in [1.54, 1.807) is 6.08 Å². The molecule has 0 radical (unpaired) electrons. The van der Waals surface area contributed by atoms with Crippen LogP contribution in [0.3, 0.4) is 0 Å². The van der Waals surface area contributed by atoms with Crippen molar-refractivity contribution in [2.24, 2.45) is 4.99 Å². The van der Waals surface area contributed by atoms with E-state index in [4.69, 9.17) is 0 Å². The summed E-state index contributed by atoms with van der Waals surface area (Å²) >= 11 is 0. The van der Waals surface area contributed by atoms with E-state index in [0.29, 0.717) is 18.6 Å².